The summed E-state index contributed by atoms with van der Waals surface area (Å²) >= 11 is 0. The minimum absolute atomic E-state index is 0.587. The van der Waals surface area contributed by atoms with Crippen LogP contribution < -0.4 is 10.1 Å². The molecular formula is C15H21NO2. The fourth-order valence-electron chi connectivity index (χ4n) is 3.07. The Labute approximate surface area is 108 Å². The Bertz CT molecular complexity index is 415. The summed E-state index contributed by atoms with van der Waals surface area (Å²) in [4.78, 5) is 0. The van der Waals surface area contributed by atoms with Crippen LogP contribution in [0.1, 0.15) is 37.7 Å². The monoisotopic (exact) mass is 247 g/mol. The van der Waals surface area contributed by atoms with Crippen LogP contribution in [0.25, 0.3) is 0 Å². The number of nitrogens with one attached hydrogen (secondary N) is 1. The van der Waals surface area contributed by atoms with Crippen molar-refractivity contribution in [1.29, 1.82) is 0 Å². The van der Waals surface area contributed by atoms with E-state index in [1.54, 1.807) is 0 Å². The maximum absolute atomic E-state index is 10.8. The molecule has 98 valence electrons. The number of ether oxygens (including phenoxy) is 1. The van der Waals surface area contributed by atoms with Crippen molar-refractivity contribution in [3.63, 3.8) is 0 Å². The van der Waals surface area contributed by atoms with Gasteiger partial charge in [-0.25, -0.2) is 0 Å². The van der Waals surface area contributed by atoms with E-state index in [1.807, 2.05) is 24.3 Å². The number of aliphatic hydroxyl groups is 1. The van der Waals surface area contributed by atoms with E-state index in [2.05, 4.69) is 5.32 Å². The summed E-state index contributed by atoms with van der Waals surface area (Å²) in [6, 6.07) is 8.42. The first-order chi connectivity index (χ1) is 8.78. The van der Waals surface area contributed by atoms with Crippen molar-refractivity contribution in [2.75, 3.05) is 13.2 Å². The van der Waals surface area contributed by atoms with Crippen LogP contribution in [-0.2, 0) is 5.60 Å². The van der Waals surface area contributed by atoms with Crippen LogP contribution in [0, 0.1) is 0 Å². The van der Waals surface area contributed by atoms with Crippen molar-refractivity contribution in [2.24, 2.45) is 0 Å². The first kappa shape index (κ1) is 12.0. The highest BCUT2D eigenvalue weighted by Gasteiger charge is 2.35. The van der Waals surface area contributed by atoms with E-state index in [4.69, 9.17) is 4.74 Å². The molecule has 0 amide bonds. The molecular weight excluding hydrogens is 226 g/mol. The first-order valence-corrected chi connectivity index (χ1v) is 6.96. The number of para-hydroxylation sites is 1. The van der Waals surface area contributed by atoms with Crippen molar-refractivity contribution in [1.82, 2.24) is 5.32 Å². The molecule has 3 heteroatoms. The molecule has 0 radical (unpaired) electrons. The Morgan fingerprint density at radius 2 is 2.06 bits per heavy atom. The van der Waals surface area contributed by atoms with Crippen molar-refractivity contribution in [3.05, 3.63) is 29.8 Å². The van der Waals surface area contributed by atoms with Gasteiger partial charge in [-0.2, -0.15) is 0 Å². The summed E-state index contributed by atoms with van der Waals surface area (Å²) in [6.45, 7) is 1.23. The molecule has 18 heavy (non-hydrogen) atoms. The number of benzene rings is 1. The Hall–Kier alpha value is -1.06. The number of hydrogen-bond donors (Lipinski definition) is 2. The SMILES string of the molecule is OC1(CNC2CCCC2)CCOc2ccccc21. The summed E-state index contributed by atoms with van der Waals surface area (Å²) in [5.41, 5.74) is 0.166. The lowest BCUT2D eigenvalue weighted by molar-refractivity contribution is -0.00414. The zero-order valence-corrected chi connectivity index (χ0v) is 10.7. The fourth-order valence-corrected chi connectivity index (χ4v) is 3.07. The molecule has 1 aromatic rings. The highest BCUT2D eigenvalue weighted by atomic mass is 16.5. The lowest BCUT2D eigenvalue weighted by atomic mass is 9.88. The highest BCUT2D eigenvalue weighted by molar-refractivity contribution is 5.39. The second kappa shape index (κ2) is 4.90. The third kappa shape index (κ3) is 2.25. The molecule has 1 saturated carbocycles. The number of rotatable bonds is 3. The highest BCUT2D eigenvalue weighted by Crippen LogP contribution is 2.36. The van der Waals surface area contributed by atoms with Gasteiger partial charge in [-0.05, 0) is 18.9 Å². The van der Waals surface area contributed by atoms with Gasteiger partial charge in [0.2, 0.25) is 0 Å². The summed E-state index contributed by atoms with van der Waals surface area (Å²) in [5.74, 6) is 0.833. The number of hydrogen-bond acceptors (Lipinski definition) is 3. The van der Waals surface area contributed by atoms with Crippen molar-refractivity contribution in [3.8, 4) is 5.75 Å². The van der Waals surface area contributed by atoms with Crippen LogP contribution in [0.15, 0.2) is 24.3 Å². The van der Waals surface area contributed by atoms with Gasteiger partial charge in [-0.15, -0.1) is 0 Å². The van der Waals surface area contributed by atoms with Gasteiger partial charge < -0.3 is 15.2 Å². The van der Waals surface area contributed by atoms with Gasteiger partial charge in [0.15, 0.2) is 0 Å². The van der Waals surface area contributed by atoms with E-state index in [0.29, 0.717) is 25.6 Å². The third-order valence-corrected chi connectivity index (χ3v) is 4.20. The maximum Gasteiger partial charge on any atom is 0.125 e. The van der Waals surface area contributed by atoms with E-state index in [9.17, 15) is 5.11 Å². The normalized spacial score (nSPS) is 27.8. The molecule has 3 nitrogen and oxygen atoms in total. The molecule has 1 aliphatic carbocycles. The molecule has 2 aliphatic rings. The Morgan fingerprint density at radius 3 is 2.89 bits per heavy atom. The third-order valence-electron chi connectivity index (χ3n) is 4.20. The molecule has 1 unspecified atom stereocenters. The van der Waals surface area contributed by atoms with E-state index >= 15 is 0 Å². The standard InChI is InChI=1S/C15H21NO2/c17-15(11-16-12-5-1-2-6-12)9-10-18-14-8-4-3-7-13(14)15/h3-4,7-8,12,16-17H,1-2,5-6,9-11H2. The fraction of sp³-hybridized carbons (Fsp3) is 0.600. The molecule has 3 rings (SSSR count). The van der Waals surface area contributed by atoms with E-state index < -0.39 is 5.60 Å². The summed E-state index contributed by atoms with van der Waals surface area (Å²) < 4.78 is 5.60. The van der Waals surface area contributed by atoms with Crippen LogP contribution in [0.2, 0.25) is 0 Å². The average molecular weight is 247 g/mol. The van der Waals surface area contributed by atoms with Crippen LogP contribution in [0.3, 0.4) is 0 Å². The van der Waals surface area contributed by atoms with Crippen LogP contribution in [0.5, 0.6) is 5.75 Å². The molecule has 1 fully saturated rings. The van der Waals surface area contributed by atoms with Gasteiger partial charge in [0.05, 0.1) is 6.61 Å². The predicted molar refractivity (Wildman–Crippen MR) is 70.7 cm³/mol. The van der Waals surface area contributed by atoms with Gasteiger partial charge >= 0.3 is 0 Å². The number of fused-ring (bicyclic) bond motifs is 1. The molecule has 1 aromatic carbocycles. The molecule has 1 heterocycles. The van der Waals surface area contributed by atoms with E-state index in [1.165, 1.54) is 25.7 Å². The average Bonchev–Trinajstić information content (AvgIpc) is 2.90. The van der Waals surface area contributed by atoms with Crippen molar-refractivity contribution < 1.29 is 9.84 Å². The van der Waals surface area contributed by atoms with Gasteiger partial charge in [0.25, 0.3) is 0 Å². The quantitative estimate of drug-likeness (QED) is 0.860. The largest absolute Gasteiger partial charge is 0.493 e. The van der Waals surface area contributed by atoms with E-state index in [0.717, 1.165) is 11.3 Å². The van der Waals surface area contributed by atoms with Crippen LogP contribution >= 0.6 is 0 Å². The van der Waals surface area contributed by atoms with Gasteiger partial charge in [0.1, 0.15) is 11.4 Å². The minimum Gasteiger partial charge on any atom is -0.493 e. The van der Waals surface area contributed by atoms with Crippen LogP contribution in [-0.4, -0.2) is 24.3 Å². The van der Waals surface area contributed by atoms with E-state index in [-0.39, 0.29) is 0 Å². The zero-order chi connectivity index (χ0) is 12.4. The molecule has 2 N–H and O–H groups in total. The molecule has 1 atom stereocenters. The summed E-state index contributed by atoms with van der Waals surface area (Å²) in [6.07, 6.45) is 5.79. The first-order valence-electron chi connectivity index (χ1n) is 6.96. The van der Waals surface area contributed by atoms with Gasteiger partial charge in [-0.3, -0.25) is 0 Å². The predicted octanol–water partition coefficient (Wildman–Crippen LogP) is 2.19. The Morgan fingerprint density at radius 1 is 1.28 bits per heavy atom. The minimum atomic E-state index is -0.766. The summed E-state index contributed by atoms with van der Waals surface area (Å²) in [5, 5.41) is 14.4. The Kier molecular flexibility index (Phi) is 3.27. The Balaban J connectivity index is 1.73. The summed E-state index contributed by atoms with van der Waals surface area (Å²) in [7, 11) is 0. The van der Waals surface area contributed by atoms with Crippen molar-refractivity contribution >= 4 is 0 Å². The van der Waals surface area contributed by atoms with Gasteiger partial charge in [0, 0.05) is 24.6 Å². The zero-order valence-electron chi connectivity index (χ0n) is 10.7. The molecule has 0 saturated heterocycles. The maximum atomic E-state index is 10.8. The van der Waals surface area contributed by atoms with Crippen LogP contribution in [0.4, 0.5) is 0 Å². The van der Waals surface area contributed by atoms with Crippen molar-refractivity contribution in [2.45, 2.75) is 43.7 Å². The lowest BCUT2D eigenvalue weighted by Crippen LogP contribution is -2.44. The molecule has 0 spiro atoms. The van der Waals surface area contributed by atoms with Gasteiger partial charge in [-0.1, -0.05) is 31.0 Å². The second-order valence-corrected chi connectivity index (χ2v) is 5.49. The second-order valence-electron chi connectivity index (χ2n) is 5.49. The molecule has 0 aromatic heterocycles. The smallest absolute Gasteiger partial charge is 0.125 e. The lowest BCUT2D eigenvalue weighted by Gasteiger charge is -2.35. The topological polar surface area (TPSA) is 41.5 Å². The molecule has 1 aliphatic heterocycles. The molecule has 0 bridgehead atoms.